The van der Waals surface area contributed by atoms with Crippen LogP contribution >= 0.6 is 0 Å². The lowest BCUT2D eigenvalue weighted by Crippen LogP contribution is -2.27. The predicted octanol–water partition coefficient (Wildman–Crippen LogP) is 2.59. The lowest BCUT2D eigenvalue weighted by Gasteiger charge is -2.16. The highest BCUT2D eigenvalue weighted by Gasteiger charge is 2.00. The molecule has 3 heteroatoms. The molecule has 0 fully saturated rings. The second-order valence-electron chi connectivity index (χ2n) is 5.09. The Balaban J connectivity index is 2.16. The standard InChI is InChI=1S/C16H24N2O/c1-14(2)12-16(19)17-10-7-11-18(3)13-15-8-5-4-6-9-15/h4-6,8-9,12H,7,10-11,13H2,1-3H3,(H,17,19). The summed E-state index contributed by atoms with van der Waals surface area (Å²) in [6.45, 7) is 6.49. The minimum absolute atomic E-state index is 0.00529. The van der Waals surface area contributed by atoms with E-state index in [-0.39, 0.29) is 5.91 Å². The maximum atomic E-state index is 11.4. The van der Waals surface area contributed by atoms with Gasteiger partial charge in [0.05, 0.1) is 0 Å². The number of hydrogen-bond donors (Lipinski definition) is 1. The van der Waals surface area contributed by atoms with Crippen molar-refractivity contribution >= 4 is 5.91 Å². The van der Waals surface area contributed by atoms with Crippen molar-refractivity contribution in [3.63, 3.8) is 0 Å². The van der Waals surface area contributed by atoms with Crippen LogP contribution in [0.5, 0.6) is 0 Å². The minimum atomic E-state index is 0.00529. The van der Waals surface area contributed by atoms with Crippen LogP contribution in [0, 0.1) is 0 Å². The number of carbonyl (C=O) groups excluding carboxylic acids is 1. The highest BCUT2D eigenvalue weighted by molar-refractivity contribution is 5.87. The van der Waals surface area contributed by atoms with Crippen molar-refractivity contribution in [1.29, 1.82) is 0 Å². The maximum Gasteiger partial charge on any atom is 0.243 e. The third-order valence-electron chi connectivity index (χ3n) is 2.73. The van der Waals surface area contributed by atoms with Crippen LogP contribution in [0.1, 0.15) is 25.8 Å². The van der Waals surface area contributed by atoms with Crippen molar-refractivity contribution in [3.05, 3.63) is 47.5 Å². The molecule has 1 aromatic carbocycles. The lowest BCUT2D eigenvalue weighted by molar-refractivity contribution is -0.116. The first-order valence-electron chi connectivity index (χ1n) is 6.73. The quantitative estimate of drug-likeness (QED) is 0.603. The molecule has 1 rings (SSSR count). The fourth-order valence-corrected chi connectivity index (χ4v) is 1.85. The van der Waals surface area contributed by atoms with Gasteiger partial charge in [-0.15, -0.1) is 0 Å². The normalized spacial score (nSPS) is 10.3. The van der Waals surface area contributed by atoms with Gasteiger partial charge < -0.3 is 10.2 Å². The van der Waals surface area contributed by atoms with Gasteiger partial charge in [-0.25, -0.2) is 0 Å². The average Bonchev–Trinajstić information content (AvgIpc) is 2.35. The van der Waals surface area contributed by atoms with Crippen molar-refractivity contribution in [2.45, 2.75) is 26.8 Å². The first kappa shape index (κ1) is 15.4. The fourth-order valence-electron chi connectivity index (χ4n) is 1.85. The Morgan fingerprint density at radius 1 is 1.26 bits per heavy atom. The second-order valence-corrected chi connectivity index (χ2v) is 5.09. The molecular formula is C16H24N2O. The molecule has 0 saturated heterocycles. The van der Waals surface area contributed by atoms with E-state index < -0.39 is 0 Å². The molecule has 0 saturated carbocycles. The monoisotopic (exact) mass is 260 g/mol. The Hall–Kier alpha value is -1.61. The van der Waals surface area contributed by atoms with Gasteiger partial charge in [-0.1, -0.05) is 35.9 Å². The van der Waals surface area contributed by atoms with E-state index in [9.17, 15) is 4.79 Å². The molecule has 1 amide bonds. The number of rotatable bonds is 7. The summed E-state index contributed by atoms with van der Waals surface area (Å²) in [5.41, 5.74) is 2.34. The van der Waals surface area contributed by atoms with E-state index in [0.29, 0.717) is 0 Å². The zero-order valence-electron chi connectivity index (χ0n) is 12.1. The summed E-state index contributed by atoms with van der Waals surface area (Å²) < 4.78 is 0. The Morgan fingerprint density at radius 2 is 1.95 bits per heavy atom. The Kier molecular flexibility index (Phi) is 6.90. The van der Waals surface area contributed by atoms with Crippen molar-refractivity contribution in [2.75, 3.05) is 20.1 Å². The number of amides is 1. The highest BCUT2D eigenvalue weighted by atomic mass is 16.1. The predicted molar refractivity (Wildman–Crippen MR) is 79.8 cm³/mol. The van der Waals surface area contributed by atoms with Gasteiger partial charge >= 0.3 is 0 Å². The SMILES string of the molecule is CC(C)=CC(=O)NCCCN(C)Cc1ccccc1. The molecule has 0 atom stereocenters. The molecule has 1 aromatic rings. The molecule has 1 N–H and O–H groups in total. The van der Waals surface area contributed by atoms with E-state index in [4.69, 9.17) is 0 Å². The van der Waals surface area contributed by atoms with Gasteiger partial charge in [0.2, 0.25) is 5.91 Å². The number of benzene rings is 1. The van der Waals surface area contributed by atoms with Crippen LogP contribution in [0.25, 0.3) is 0 Å². The third-order valence-corrected chi connectivity index (χ3v) is 2.73. The molecule has 0 bridgehead atoms. The van der Waals surface area contributed by atoms with Gasteiger partial charge in [-0.05, 0) is 39.4 Å². The zero-order valence-corrected chi connectivity index (χ0v) is 12.1. The van der Waals surface area contributed by atoms with E-state index in [0.717, 1.165) is 31.6 Å². The van der Waals surface area contributed by atoms with Crippen molar-refractivity contribution < 1.29 is 4.79 Å². The average molecular weight is 260 g/mol. The van der Waals surface area contributed by atoms with E-state index in [1.807, 2.05) is 19.9 Å². The molecule has 19 heavy (non-hydrogen) atoms. The number of nitrogens with zero attached hydrogens (tertiary/aromatic N) is 1. The van der Waals surface area contributed by atoms with Crippen LogP contribution in [0.4, 0.5) is 0 Å². The minimum Gasteiger partial charge on any atom is -0.353 e. The summed E-state index contributed by atoms with van der Waals surface area (Å²) in [6.07, 6.45) is 2.60. The van der Waals surface area contributed by atoms with Gasteiger partial charge in [-0.2, -0.15) is 0 Å². The first-order chi connectivity index (χ1) is 9.08. The van der Waals surface area contributed by atoms with Gasteiger partial charge in [0, 0.05) is 19.2 Å². The lowest BCUT2D eigenvalue weighted by atomic mass is 10.2. The largest absolute Gasteiger partial charge is 0.353 e. The van der Waals surface area contributed by atoms with Crippen LogP contribution in [0.2, 0.25) is 0 Å². The third kappa shape index (κ3) is 7.42. The van der Waals surface area contributed by atoms with Crippen molar-refractivity contribution in [1.82, 2.24) is 10.2 Å². The first-order valence-corrected chi connectivity index (χ1v) is 6.73. The van der Waals surface area contributed by atoms with E-state index in [1.165, 1.54) is 5.56 Å². The zero-order chi connectivity index (χ0) is 14.1. The van der Waals surface area contributed by atoms with Gasteiger partial charge in [0.15, 0.2) is 0 Å². The molecular weight excluding hydrogens is 236 g/mol. The molecule has 0 radical (unpaired) electrons. The highest BCUT2D eigenvalue weighted by Crippen LogP contribution is 2.02. The molecule has 104 valence electrons. The fraction of sp³-hybridized carbons (Fsp3) is 0.438. The number of nitrogens with one attached hydrogen (secondary N) is 1. The van der Waals surface area contributed by atoms with E-state index in [2.05, 4.69) is 41.5 Å². The Labute approximate surface area is 116 Å². The summed E-state index contributed by atoms with van der Waals surface area (Å²) in [5.74, 6) is 0.00529. The molecule has 0 spiro atoms. The summed E-state index contributed by atoms with van der Waals surface area (Å²) in [5, 5.41) is 2.89. The summed E-state index contributed by atoms with van der Waals surface area (Å²) in [4.78, 5) is 13.7. The van der Waals surface area contributed by atoms with Crippen LogP contribution in [0.15, 0.2) is 42.0 Å². The number of hydrogen-bond acceptors (Lipinski definition) is 2. The maximum absolute atomic E-state index is 11.4. The number of allylic oxidation sites excluding steroid dienone is 1. The van der Waals surface area contributed by atoms with Crippen molar-refractivity contribution in [2.24, 2.45) is 0 Å². The van der Waals surface area contributed by atoms with E-state index in [1.54, 1.807) is 6.08 Å². The Morgan fingerprint density at radius 3 is 2.58 bits per heavy atom. The van der Waals surface area contributed by atoms with Crippen LogP contribution in [-0.2, 0) is 11.3 Å². The summed E-state index contributed by atoms with van der Waals surface area (Å²) in [6, 6.07) is 10.4. The van der Waals surface area contributed by atoms with E-state index >= 15 is 0 Å². The second kappa shape index (κ2) is 8.48. The van der Waals surface area contributed by atoms with Crippen LogP contribution in [-0.4, -0.2) is 30.9 Å². The summed E-state index contributed by atoms with van der Waals surface area (Å²) in [7, 11) is 2.10. The molecule has 0 heterocycles. The molecule has 0 aliphatic heterocycles. The molecule has 0 aliphatic rings. The molecule has 3 nitrogen and oxygen atoms in total. The van der Waals surface area contributed by atoms with Crippen molar-refractivity contribution in [3.8, 4) is 0 Å². The van der Waals surface area contributed by atoms with Crippen LogP contribution in [0.3, 0.4) is 0 Å². The summed E-state index contributed by atoms with van der Waals surface area (Å²) >= 11 is 0. The van der Waals surface area contributed by atoms with Gasteiger partial charge in [0.1, 0.15) is 0 Å². The van der Waals surface area contributed by atoms with Gasteiger partial charge in [0.25, 0.3) is 0 Å². The number of carbonyl (C=O) groups is 1. The van der Waals surface area contributed by atoms with Gasteiger partial charge in [-0.3, -0.25) is 4.79 Å². The molecule has 0 aliphatic carbocycles. The smallest absolute Gasteiger partial charge is 0.243 e. The molecule has 0 unspecified atom stereocenters. The molecule has 0 aromatic heterocycles. The van der Waals surface area contributed by atoms with Crippen LogP contribution < -0.4 is 5.32 Å². The topological polar surface area (TPSA) is 32.3 Å². The Bertz CT molecular complexity index is 408.